The number of methoxy groups -OCH3 is 1. The van der Waals surface area contributed by atoms with Crippen LogP contribution in [0.4, 0.5) is 4.79 Å². The third-order valence-electron chi connectivity index (χ3n) is 9.24. The number of aliphatic hydroxyl groups is 1. The number of benzene rings is 2. The second-order valence-electron chi connectivity index (χ2n) is 13.6. The molecule has 12 heteroatoms. The van der Waals surface area contributed by atoms with Gasteiger partial charge in [-0.05, 0) is 89.8 Å². The van der Waals surface area contributed by atoms with Crippen molar-refractivity contribution in [3.05, 3.63) is 74.7 Å². The van der Waals surface area contributed by atoms with Crippen molar-refractivity contribution in [2.75, 3.05) is 7.11 Å². The molecule has 1 saturated heterocycles. The van der Waals surface area contributed by atoms with Crippen LogP contribution in [0.1, 0.15) is 80.4 Å². The Labute approximate surface area is 284 Å². The standard InChI is InChI=1S/C37H45NO11/c1-19(2)11-12-21-17-22(13-15-26(21)39)27(40)18-25-29(41)24-14-16-28(20(3)31(24)47-34(25)43)46-35-30(42)32(33(45-6)37(4,5)49-35)48-36(44)38-23-9-7-8-10-23/h11,13-17,23,30,32-33,35,39,41-42H,7-10,12,18H2,1-6H3,(H,38,44)/t30-,32+,33-,35-/m1/s1. The van der Waals surface area contributed by atoms with Gasteiger partial charge in [-0.2, -0.15) is 0 Å². The van der Waals surface area contributed by atoms with Crippen molar-refractivity contribution in [3.63, 3.8) is 0 Å². The summed E-state index contributed by atoms with van der Waals surface area (Å²) in [5, 5.41) is 35.8. The first-order valence-corrected chi connectivity index (χ1v) is 16.5. The van der Waals surface area contributed by atoms with E-state index >= 15 is 0 Å². The normalized spacial score (nSPS) is 22.1. The molecule has 0 bridgehead atoms. The average Bonchev–Trinajstić information content (AvgIpc) is 3.55. The molecule has 1 saturated carbocycles. The van der Waals surface area contributed by atoms with E-state index in [0.29, 0.717) is 17.5 Å². The number of nitrogens with one attached hydrogen (secondary N) is 1. The van der Waals surface area contributed by atoms with Crippen molar-refractivity contribution in [3.8, 4) is 17.2 Å². The van der Waals surface area contributed by atoms with E-state index in [1.807, 2.05) is 19.9 Å². The summed E-state index contributed by atoms with van der Waals surface area (Å²) < 4.78 is 29.1. The average molecular weight is 680 g/mol. The molecule has 264 valence electrons. The number of amides is 1. The fourth-order valence-corrected chi connectivity index (χ4v) is 6.52. The van der Waals surface area contributed by atoms with Gasteiger partial charge in [0.25, 0.3) is 0 Å². The van der Waals surface area contributed by atoms with Crippen LogP contribution in [0.5, 0.6) is 17.2 Å². The summed E-state index contributed by atoms with van der Waals surface area (Å²) in [4.78, 5) is 39.2. The van der Waals surface area contributed by atoms with Gasteiger partial charge < -0.3 is 44.0 Å². The molecule has 49 heavy (non-hydrogen) atoms. The molecule has 1 aliphatic heterocycles. The maximum absolute atomic E-state index is 13.2. The molecule has 2 aromatic carbocycles. The summed E-state index contributed by atoms with van der Waals surface area (Å²) >= 11 is 0. The SMILES string of the molecule is CO[C@@H]1[C@@H](OC(=O)NC2CCCC2)[C@@H](O)[C@H](Oc2ccc3c(O)c(CC(=O)c4ccc(O)c(CC=C(C)C)c4)c(=O)oc3c2C)OC1(C)C. The number of phenolic OH excluding ortho intramolecular Hbond substituents is 1. The lowest BCUT2D eigenvalue weighted by molar-refractivity contribution is -0.305. The highest BCUT2D eigenvalue weighted by Gasteiger charge is 2.53. The highest BCUT2D eigenvalue weighted by molar-refractivity contribution is 5.99. The van der Waals surface area contributed by atoms with Gasteiger partial charge in [0.15, 0.2) is 18.0 Å². The Balaban J connectivity index is 1.37. The maximum atomic E-state index is 13.2. The zero-order valence-electron chi connectivity index (χ0n) is 28.7. The van der Waals surface area contributed by atoms with Gasteiger partial charge in [-0.1, -0.05) is 24.5 Å². The number of aliphatic hydroxyl groups excluding tert-OH is 1. The van der Waals surface area contributed by atoms with Gasteiger partial charge in [0.1, 0.15) is 28.9 Å². The second-order valence-corrected chi connectivity index (χ2v) is 13.6. The number of ketones is 1. The molecule has 2 aliphatic rings. The van der Waals surface area contributed by atoms with Gasteiger partial charge >= 0.3 is 11.7 Å². The van der Waals surface area contributed by atoms with Gasteiger partial charge in [-0.3, -0.25) is 4.79 Å². The Morgan fingerprint density at radius 3 is 2.49 bits per heavy atom. The lowest BCUT2D eigenvalue weighted by Gasteiger charge is -2.47. The van der Waals surface area contributed by atoms with Crippen LogP contribution in [-0.2, 0) is 27.1 Å². The number of alkyl carbamates (subject to hydrolysis) is 1. The predicted octanol–water partition coefficient (Wildman–Crippen LogP) is 5.37. The van der Waals surface area contributed by atoms with E-state index in [4.69, 9.17) is 23.4 Å². The van der Waals surface area contributed by atoms with Gasteiger partial charge in [0.05, 0.1) is 16.6 Å². The first-order chi connectivity index (χ1) is 23.2. The summed E-state index contributed by atoms with van der Waals surface area (Å²) in [5.41, 5.74) is 0.0669. The topological polar surface area (TPSA) is 174 Å². The van der Waals surface area contributed by atoms with Gasteiger partial charge in [-0.15, -0.1) is 0 Å². The Bertz CT molecular complexity index is 1800. The summed E-state index contributed by atoms with van der Waals surface area (Å²) in [6.45, 7) is 8.92. The summed E-state index contributed by atoms with van der Waals surface area (Å²) in [7, 11) is 1.44. The van der Waals surface area contributed by atoms with Crippen molar-refractivity contribution in [2.24, 2.45) is 0 Å². The molecule has 3 aromatic rings. The minimum absolute atomic E-state index is 0.00810. The van der Waals surface area contributed by atoms with E-state index in [-0.39, 0.29) is 39.6 Å². The largest absolute Gasteiger partial charge is 0.508 e. The fraction of sp³-hybridized carbons (Fsp3) is 0.486. The zero-order chi connectivity index (χ0) is 35.6. The van der Waals surface area contributed by atoms with Crippen LogP contribution in [0.3, 0.4) is 0 Å². The molecule has 5 rings (SSSR count). The molecular weight excluding hydrogens is 634 g/mol. The molecule has 0 radical (unpaired) electrons. The van der Waals surface area contributed by atoms with Crippen LogP contribution in [0.25, 0.3) is 11.0 Å². The monoisotopic (exact) mass is 679 g/mol. The number of aryl methyl sites for hydroxylation is 1. The number of rotatable bonds is 10. The Morgan fingerprint density at radius 1 is 1.10 bits per heavy atom. The van der Waals surface area contributed by atoms with Gasteiger partial charge in [-0.25, -0.2) is 9.59 Å². The molecule has 2 heterocycles. The minimum Gasteiger partial charge on any atom is -0.508 e. The number of allylic oxidation sites excluding steroid dienone is 2. The maximum Gasteiger partial charge on any atom is 0.407 e. The number of carbonyl (C=O) groups excluding carboxylic acids is 2. The molecule has 0 unspecified atom stereocenters. The molecule has 0 spiro atoms. The summed E-state index contributed by atoms with van der Waals surface area (Å²) in [6, 6.07) is 7.47. The summed E-state index contributed by atoms with van der Waals surface area (Å²) in [6.07, 6.45) is 0.283. The van der Waals surface area contributed by atoms with Crippen LogP contribution in [0.15, 0.2) is 51.2 Å². The van der Waals surface area contributed by atoms with Crippen LogP contribution in [0, 0.1) is 6.92 Å². The van der Waals surface area contributed by atoms with E-state index < -0.39 is 59.9 Å². The van der Waals surface area contributed by atoms with E-state index in [9.17, 15) is 29.7 Å². The summed E-state index contributed by atoms with van der Waals surface area (Å²) in [5.74, 6) is -0.614. The second kappa shape index (κ2) is 14.6. The zero-order valence-corrected chi connectivity index (χ0v) is 28.7. The van der Waals surface area contributed by atoms with E-state index in [1.54, 1.807) is 26.8 Å². The molecule has 1 amide bonds. The molecule has 12 nitrogen and oxygen atoms in total. The fourth-order valence-electron chi connectivity index (χ4n) is 6.52. The highest BCUT2D eigenvalue weighted by atomic mass is 16.7. The Kier molecular flexibility index (Phi) is 10.7. The van der Waals surface area contributed by atoms with E-state index in [2.05, 4.69) is 5.32 Å². The Morgan fingerprint density at radius 2 is 1.82 bits per heavy atom. The number of ether oxygens (including phenoxy) is 4. The number of hydrogen-bond acceptors (Lipinski definition) is 11. The minimum atomic E-state index is -1.46. The van der Waals surface area contributed by atoms with Crippen LogP contribution in [-0.4, -0.2) is 70.6 Å². The number of Topliss-reactive ketones (excluding diaryl/α,β-unsaturated/α-hetero) is 1. The third-order valence-corrected chi connectivity index (χ3v) is 9.24. The molecular formula is C37H45NO11. The van der Waals surface area contributed by atoms with Crippen molar-refractivity contribution in [1.82, 2.24) is 5.32 Å². The van der Waals surface area contributed by atoms with Gasteiger partial charge in [0, 0.05) is 30.7 Å². The third kappa shape index (κ3) is 7.76. The van der Waals surface area contributed by atoms with Gasteiger partial charge in [0.2, 0.25) is 6.29 Å². The first kappa shape index (κ1) is 35.9. The van der Waals surface area contributed by atoms with E-state index in [1.165, 1.54) is 31.4 Å². The lowest BCUT2D eigenvalue weighted by atomic mass is 9.89. The van der Waals surface area contributed by atoms with E-state index in [0.717, 1.165) is 31.3 Å². The smallest absolute Gasteiger partial charge is 0.407 e. The van der Waals surface area contributed by atoms with Crippen LogP contribution >= 0.6 is 0 Å². The van der Waals surface area contributed by atoms with Crippen LogP contribution in [0.2, 0.25) is 0 Å². The Hall–Kier alpha value is -4.39. The molecule has 1 aliphatic carbocycles. The van der Waals surface area contributed by atoms with Crippen molar-refractivity contribution in [1.29, 1.82) is 0 Å². The number of phenols is 1. The molecule has 4 atom stereocenters. The quantitative estimate of drug-likeness (QED) is 0.123. The highest BCUT2D eigenvalue weighted by Crippen LogP contribution is 2.38. The number of aromatic hydroxyl groups is 2. The number of hydrogen-bond donors (Lipinski definition) is 4. The van der Waals surface area contributed by atoms with Crippen molar-refractivity contribution in [2.45, 2.75) is 109 Å². The van der Waals surface area contributed by atoms with Crippen molar-refractivity contribution < 1.29 is 48.3 Å². The predicted molar refractivity (Wildman–Crippen MR) is 180 cm³/mol. The molecule has 1 aromatic heterocycles. The van der Waals surface area contributed by atoms with Crippen molar-refractivity contribution >= 4 is 22.8 Å². The first-order valence-electron chi connectivity index (χ1n) is 16.5. The number of carbonyl (C=O) groups is 2. The lowest BCUT2D eigenvalue weighted by Crippen LogP contribution is -2.65. The van der Waals surface area contributed by atoms with Crippen LogP contribution < -0.4 is 15.7 Å². The molecule has 4 N–H and O–H groups in total. The molecule has 2 fully saturated rings. The number of fused-ring (bicyclic) bond motifs is 1.